The molecular weight excluding hydrogens is 865 g/mol. The van der Waals surface area contributed by atoms with Crippen molar-refractivity contribution in [3.8, 4) is 11.5 Å². The second kappa shape index (κ2) is 32.0. The molecule has 2 fully saturated rings. The quantitative estimate of drug-likeness (QED) is 0.0245. The number of phenols is 2. The lowest BCUT2D eigenvalue weighted by Crippen LogP contribution is -2.55. The number of phenolic OH excluding ortho intramolecular Hbond substituents is 2. The summed E-state index contributed by atoms with van der Waals surface area (Å²) < 4.78 is 20.3. The van der Waals surface area contributed by atoms with Gasteiger partial charge in [0, 0.05) is 19.4 Å². The number of methoxy groups -OCH3 is 2. The summed E-state index contributed by atoms with van der Waals surface area (Å²) >= 11 is 0. The largest absolute Gasteiger partial charge is 0.508 e. The number of hydrogen-bond acceptors (Lipinski definition) is 13. The molecular formula is C50H74N4O13. The highest BCUT2D eigenvalue weighted by atomic mass is 16.6. The number of benzene rings is 2. The van der Waals surface area contributed by atoms with Gasteiger partial charge in [0.2, 0.25) is 11.8 Å². The van der Waals surface area contributed by atoms with Crippen LogP contribution < -0.4 is 21.3 Å². The van der Waals surface area contributed by atoms with Crippen LogP contribution in [0, 0.1) is 11.8 Å². The molecule has 0 spiro atoms. The first-order valence-electron chi connectivity index (χ1n) is 23.8. The van der Waals surface area contributed by atoms with Gasteiger partial charge in [-0.1, -0.05) is 75.3 Å². The second-order valence-corrected chi connectivity index (χ2v) is 17.2. The first-order chi connectivity index (χ1) is 32.4. The maximum atomic E-state index is 13.3. The first kappa shape index (κ1) is 55.5. The number of carbonyl (C=O) groups excluding carboxylic acids is 6. The number of aliphatic hydroxyl groups excluding tert-OH is 1. The molecule has 4 rings (SSSR count). The van der Waals surface area contributed by atoms with Crippen molar-refractivity contribution in [2.45, 2.75) is 146 Å². The molecule has 0 aromatic heterocycles. The van der Waals surface area contributed by atoms with Gasteiger partial charge in [-0.15, -0.1) is 6.58 Å². The van der Waals surface area contributed by atoms with Crippen molar-refractivity contribution in [2.75, 3.05) is 34.0 Å². The van der Waals surface area contributed by atoms with Crippen LogP contribution in [-0.2, 0) is 51.0 Å². The van der Waals surface area contributed by atoms with Gasteiger partial charge in [-0.2, -0.15) is 0 Å². The van der Waals surface area contributed by atoms with Crippen LogP contribution in [0.3, 0.4) is 0 Å². The van der Waals surface area contributed by atoms with Crippen LogP contribution >= 0.6 is 0 Å². The van der Waals surface area contributed by atoms with E-state index in [-0.39, 0.29) is 56.0 Å². The zero-order valence-corrected chi connectivity index (χ0v) is 39.3. The van der Waals surface area contributed by atoms with E-state index in [9.17, 15) is 39.0 Å². The highest BCUT2D eigenvalue weighted by molar-refractivity contribution is 5.91. The summed E-state index contributed by atoms with van der Waals surface area (Å²) in [5.74, 6) is -2.06. The Kier molecular flexibility index (Phi) is 26.5. The van der Waals surface area contributed by atoms with Crippen molar-refractivity contribution in [3.05, 3.63) is 72.3 Å². The summed E-state index contributed by atoms with van der Waals surface area (Å²) in [5.41, 5.74) is 1.34. The lowest BCUT2D eigenvalue weighted by atomic mass is 9.83. The number of allylic oxidation sites excluding steroid dienone is 1. The predicted molar refractivity (Wildman–Crippen MR) is 251 cm³/mol. The molecule has 0 radical (unpaired) electrons. The van der Waals surface area contributed by atoms with E-state index in [0.29, 0.717) is 24.0 Å². The first-order valence-corrected chi connectivity index (χ1v) is 23.8. The third-order valence-electron chi connectivity index (χ3n) is 12.0. The summed E-state index contributed by atoms with van der Waals surface area (Å²) in [5, 5.41) is 39.2. The Labute approximate surface area is 395 Å². The molecule has 2 aliphatic carbocycles. The Morgan fingerprint density at radius 2 is 1.03 bits per heavy atom. The van der Waals surface area contributed by atoms with Crippen LogP contribution in [0.25, 0.3) is 0 Å². The van der Waals surface area contributed by atoms with Crippen LogP contribution in [0.5, 0.6) is 11.5 Å². The smallest absolute Gasteiger partial charge is 0.407 e. The van der Waals surface area contributed by atoms with Crippen molar-refractivity contribution >= 4 is 35.9 Å². The molecule has 2 aliphatic rings. The number of esters is 2. The standard InChI is InChI=1S/C25H38N2O7.C25H36N2O6/c1-33-24(31)21(17-18-10-9-13-20(29)16-18)26-23(30)22(19-11-5-4-6-12-19)27-25(32)34-15-8-3-2-7-14-28;1-3-4-5-9-15-33-25(31)27-22(19-12-7-6-8-13-19)23(29)26-21(24(30)32-2)17-18-11-10-14-20(28)16-18/h9-10,13,16,19,21-22,28-29H,2-8,11-12,14-15,17H2,1H3,(H,26,30)(H,27,32);3,10-11,14,16,19,21-22,28H,1,4-9,12-13,15,17H2,2H3,(H,26,29)(H,27,31). The topological polar surface area (TPSA) is 248 Å². The number of amides is 4. The number of alkyl carbamates (subject to hydrolysis) is 2. The van der Waals surface area contributed by atoms with E-state index in [4.69, 9.17) is 24.1 Å². The lowest BCUT2D eigenvalue weighted by Gasteiger charge is -2.30. The third kappa shape index (κ3) is 21.6. The molecule has 0 bridgehead atoms. The SMILES string of the molecule is C=CCCCCOC(=O)NC(C(=O)NC(Cc1cccc(O)c1)C(=O)OC)C1CCCCC1.COC(=O)C(Cc1cccc(O)c1)NC(=O)C(NC(=O)OCCCCCCO)C1CCCCC1. The molecule has 17 nitrogen and oxygen atoms in total. The number of aromatic hydroxyl groups is 2. The highest BCUT2D eigenvalue weighted by Crippen LogP contribution is 2.28. The molecule has 7 N–H and O–H groups in total. The van der Waals surface area contributed by atoms with Gasteiger partial charge in [0.1, 0.15) is 35.7 Å². The fourth-order valence-corrected chi connectivity index (χ4v) is 8.39. The number of hydrogen-bond donors (Lipinski definition) is 7. The van der Waals surface area contributed by atoms with E-state index in [1.54, 1.807) is 24.3 Å². The minimum absolute atomic E-state index is 0.0360. The van der Waals surface area contributed by atoms with Crippen molar-refractivity contribution in [1.82, 2.24) is 21.3 Å². The average Bonchev–Trinajstić information content (AvgIpc) is 3.33. The van der Waals surface area contributed by atoms with Crippen molar-refractivity contribution in [3.63, 3.8) is 0 Å². The van der Waals surface area contributed by atoms with Crippen molar-refractivity contribution in [1.29, 1.82) is 0 Å². The Balaban J connectivity index is 0.000000355. The van der Waals surface area contributed by atoms with E-state index in [2.05, 4.69) is 27.8 Å². The molecule has 0 aliphatic heterocycles. The van der Waals surface area contributed by atoms with Gasteiger partial charge in [0.05, 0.1) is 27.4 Å². The van der Waals surface area contributed by atoms with Gasteiger partial charge < -0.3 is 55.5 Å². The number of rotatable bonds is 25. The summed E-state index contributed by atoms with van der Waals surface area (Å²) in [6, 6.07) is 9.39. The third-order valence-corrected chi connectivity index (χ3v) is 12.0. The maximum absolute atomic E-state index is 13.3. The average molecular weight is 939 g/mol. The van der Waals surface area contributed by atoms with Crippen LogP contribution in [0.2, 0.25) is 0 Å². The number of nitrogens with one attached hydrogen (secondary N) is 4. The normalized spacial score (nSPS) is 15.7. The molecule has 2 aromatic carbocycles. The number of carbonyl (C=O) groups is 6. The van der Waals surface area contributed by atoms with E-state index in [1.165, 1.54) is 38.5 Å². The van der Waals surface area contributed by atoms with Crippen LogP contribution in [0.15, 0.2) is 61.2 Å². The lowest BCUT2D eigenvalue weighted by molar-refractivity contribution is -0.145. The van der Waals surface area contributed by atoms with Gasteiger partial charge in [-0.3, -0.25) is 9.59 Å². The summed E-state index contributed by atoms with van der Waals surface area (Å²) in [6.45, 7) is 4.32. The number of aliphatic hydroxyl groups is 1. The second-order valence-electron chi connectivity index (χ2n) is 17.2. The number of ether oxygens (including phenoxy) is 4. The zero-order chi connectivity index (χ0) is 48.8. The highest BCUT2D eigenvalue weighted by Gasteiger charge is 2.36. The van der Waals surface area contributed by atoms with Crippen LogP contribution in [0.1, 0.15) is 120 Å². The van der Waals surface area contributed by atoms with Gasteiger partial charge in [0.15, 0.2) is 0 Å². The van der Waals surface area contributed by atoms with Gasteiger partial charge in [-0.05, 0) is 111 Å². The molecule has 0 heterocycles. The fraction of sp³-hybridized carbons (Fsp3) is 0.600. The summed E-state index contributed by atoms with van der Waals surface area (Å²) in [4.78, 5) is 76.0. The maximum Gasteiger partial charge on any atom is 0.407 e. The van der Waals surface area contributed by atoms with Gasteiger partial charge in [0.25, 0.3) is 0 Å². The minimum atomic E-state index is -0.963. The molecule has 0 saturated heterocycles. The van der Waals surface area contributed by atoms with Gasteiger partial charge in [-0.25, -0.2) is 19.2 Å². The van der Waals surface area contributed by atoms with E-state index >= 15 is 0 Å². The molecule has 372 valence electrons. The van der Waals surface area contributed by atoms with E-state index < -0.39 is 60.1 Å². The van der Waals surface area contributed by atoms with Crippen LogP contribution in [-0.4, -0.2) is 109 Å². The van der Waals surface area contributed by atoms with Crippen molar-refractivity contribution in [2.24, 2.45) is 11.8 Å². The summed E-state index contributed by atoms with van der Waals surface area (Å²) in [6.07, 6.45) is 15.7. The Morgan fingerprint density at radius 1 is 0.612 bits per heavy atom. The van der Waals surface area contributed by atoms with E-state index in [1.807, 2.05) is 6.08 Å². The molecule has 4 amide bonds. The van der Waals surface area contributed by atoms with Crippen LogP contribution in [0.4, 0.5) is 9.59 Å². The number of unbranched alkanes of at least 4 members (excludes halogenated alkanes) is 5. The van der Waals surface area contributed by atoms with Crippen molar-refractivity contribution < 1.29 is 63.0 Å². The Morgan fingerprint density at radius 3 is 1.42 bits per heavy atom. The monoisotopic (exact) mass is 939 g/mol. The molecule has 67 heavy (non-hydrogen) atoms. The fourth-order valence-electron chi connectivity index (χ4n) is 8.39. The molecule has 2 saturated carbocycles. The van der Waals surface area contributed by atoms with Gasteiger partial charge >= 0.3 is 24.1 Å². The molecule has 17 heteroatoms. The summed E-state index contributed by atoms with van der Waals surface area (Å²) in [7, 11) is 2.50. The minimum Gasteiger partial charge on any atom is -0.508 e. The molecule has 4 unspecified atom stereocenters. The predicted octanol–water partition coefficient (Wildman–Crippen LogP) is 6.44. The van der Waals surface area contributed by atoms with E-state index in [0.717, 1.165) is 96.3 Å². The zero-order valence-electron chi connectivity index (χ0n) is 39.3. The Hall–Kier alpha value is -5.84. The molecule has 4 atom stereocenters. The Bertz CT molecular complexity index is 1830. The molecule has 2 aromatic rings.